The molecule has 0 saturated carbocycles. The smallest absolute Gasteiger partial charge is 0.408 e. The van der Waals surface area contributed by atoms with Gasteiger partial charge in [-0.2, -0.15) is 0 Å². The summed E-state index contributed by atoms with van der Waals surface area (Å²) in [4.78, 5) is 11.7. The molecule has 2 unspecified atom stereocenters. The second-order valence-corrected chi connectivity index (χ2v) is 5.68. The van der Waals surface area contributed by atoms with Crippen molar-refractivity contribution in [1.82, 2.24) is 4.57 Å². The Balaban J connectivity index is 2.31. The molecule has 0 spiro atoms. The first-order valence-corrected chi connectivity index (χ1v) is 8.01. The van der Waals surface area contributed by atoms with E-state index in [4.69, 9.17) is 10.2 Å². The molecule has 2 N–H and O–H groups in total. The minimum Gasteiger partial charge on any atom is -0.408 e. The van der Waals surface area contributed by atoms with Gasteiger partial charge in [-0.15, -0.1) is 0 Å². The molecule has 0 radical (unpaired) electrons. The fourth-order valence-electron chi connectivity index (χ4n) is 2.97. The lowest BCUT2D eigenvalue weighted by Crippen LogP contribution is -2.21. The summed E-state index contributed by atoms with van der Waals surface area (Å²) in [6.07, 6.45) is 4.61. The molecule has 0 aliphatic heterocycles. The maximum atomic E-state index is 11.7. The molecule has 1 aromatic heterocycles. The van der Waals surface area contributed by atoms with Crippen LogP contribution in [0.1, 0.15) is 58.1 Å². The number of fused-ring (bicyclic) bond motifs is 1. The van der Waals surface area contributed by atoms with E-state index < -0.39 is 0 Å². The number of aryl methyl sites for hydroxylation is 1. The van der Waals surface area contributed by atoms with E-state index in [-0.39, 0.29) is 11.8 Å². The molecule has 0 aliphatic carbocycles. The van der Waals surface area contributed by atoms with Crippen LogP contribution in [0.2, 0.25) is 0 Å². The van der Waals surface area contributed by atoms with E-state index in [2.05, 4.69) is 13.8 Å². The van der Waals surface area contributed by atoms with Crippen LogP contribution in [0.4, 0.5) is 0 Å². The van der Waals surface area contributed by atoms with E-state index >= 15 is 0 Å². The Hall–Kier alpha value is -1.55. The highest BCUT2D eigenvalue weighted by Gasteiger charge is 2.19. The molecular weight excluding hydrogens is 264 g/mol. The van der Waals surface area contributed by atoms with Crippen molar-refractivity contribution >= 4 is 11.1 Å². The highest BCUT2D eigenvalue weighted by molar-refractivity contribution is 5.73. The number of aromatic nitrogens is 1. The zero-order valence-electron chi connectivity index (χ0n) is 13.3. The summed E-state index contributed by atoms with van der Waals surface area (Å²) in [6, 6.07) is 5.91. The van der Waals surface area contributed by atoms with Crippen LogP contribution < -0.4 is 11.5 Å². The van der Waals surface area contributed by atoms with Crippen molar-refractivity contribution in [3.8, 4) is 0 Å². The largest absolute Gasteiger partial charge is 0.419 e. The molecule has 1 aromatic carbocycles. The van der Waals surface area contributed by atoms with E-state index in [1.165, 1.54) is 12.8 Å². The molecular formula is C17H26N2O2. The van der Waals surface area contributed by atoms with Crippen LogP contribution in [0.5, 0.6) is 0 Å². The van der Waals surface area contributed by atoms with Crippen LogP contribution >= 0.6 is 0 Å². The molecule has 2 aromatic rings. The van der Waals surface area contributed by atoms with Gasteiger partial charge in [-0.1, -0.05) is 39.2 Å². The summed E-state index contributed by atoms with van der Waals surface area (Å²) in [5, 5.41) is 0. The first-order valence-electron chi connectivity index (χ1n) is 8.01. The van der Waals surface area contributed by atoms with Gasteiger partial charge < -0.3 is 10.2 Å². The Morgan fingerprint density at radius 3 is 2.67 bits per heavy atom. The first-order chi connectivity index (χ1) is 10.1. The van der Waals surface area contributed by atoms with E-state index in [0.717, 1.165) is 23.9 Å². The van der Waals surface area contributed by atoms with Gasteiger partial charge in [0.05, 0.1) is 5.52 Å². The summed E-state index contributed by atoms with van der Waals surface area (Å²) in [7, 11) is 0. The van der Waals surface area contributed by atoms with Crippen LogP contribution in [0.3, 0.4) is 0 Å². The molecule has 0 amide bonds. The third-order valence-corrected chi connectivity index (χ3v) is 4.35. The molecule has 21 heavy (non-hydrogen) atoms. The standard InChI is InChI=1S/C17H26N2O2/c1-4-7-8-12(5-2)16(18)13-9-10-14-15(11-13)21-17(20)19(14)6-3/h9-12,16H,4-8,18H2,1-3H3. The van der Waals surface area contributed by atoms with Crippen molar-refractivity contribution in [3.63, 3.8) is 0 Å². The Morgan fingerprint density at radius 2 is 2.05 bits per heavy atom. The van der Waals surface area contributed by atoms with Crippen molar-refractivity contribution < 1.29 is 4.42 Å². The van der Waals surface area contributed by atoms with Gasteiger partial charge in [-0.3, -0.25) is 4.57 Å². The van der Waals surface area contributed by atoms with E-state index in [1.54, 1.807) is 4.57 Å². The van der Waals surface area contributed by atoms with Crippen LogP contribution in [0.15, 0.2) is 27.4 Å². The fourth-order valence-corrected chi connectivity index (χ4v) is 2.97. The molecule has 0 fully saturated rings. The monoisotopic (exact) mass is 290 g/mol. The van der Waals surface area contributed by atoms with Crippen molar-refractivity contribution in [3.05, 3.63) is 34.3 Å². The molecule has 1 heterocycles. The Bertz CT molecular complexity index is 642. The molecule has 0 aliphatic rings. The molecule has 0 bridgehead atoms. The predicted molar refractivity (Wildman–Crippen MR) is 86.4 cm³/mol. The third kappa shape index (κ3) is 3.21. The second-order valence-electron chi connectivity index (χ2n) is 5.68. The van der Waals surface area contributed by atoms with Crippen molar-refractivity contribution in [2.75, 3.05) is 0 Å². The van der Waals surface area contributed by atoms with Gasteiger partial charge in [0.2, 0.25) is 0 Å². The van der Waals surface area contributed by atoms with Gasteiger partial charge in [0.15, 0.2) is 5.58 Å². The number of hydrogen-bond acceptors (Lipinski definition) is 3. The average molecular weight is 290 g/mol. The molecule has 116 valence electrons. The molecule has 2 atom stereocenters. The minimum absolute atomic E-state index is 0.00114. The lowest BCUT2D eigenvalue weighted by atomic mass is 9.87. The zero-order chi connectivity index (χ0) is 15.4. The van der Waals surface area contributed by atoms with Gasteiger partial charge in [-0.25, -0.2) is 4.79 Å². The second kappa shape index (κ2) is 6.94. The topological polar surface area (TPSA) is 61.2 Å². The van der Waals surface area contributed by atoms with Gasteiger partial charge in [0.25, 0.3) is 0 Å². The fraction of sp³-hybridized carbons (Fsp3) is 0.588. The quantitative estimate of drug-likeness (QED) is 0.843. The number of unbranched alkanes of at least 4 members (excludes halogenated alkanes) is 1. The van der Waals surface area contributed by atoms with Crippen LogP contribution in [-0.4, -0.2) is 4.57 Å². The van der Waals surface area contributed by atoms with Crippen molar-refractivity contribution in [2.45, 2.75) is 59.0 Å². The van der Waals surface area contributed by atoms with Gasteiger partial charge in [0.1, 0.15) is 0 Å². The SMILES string of the molecule is CCCCC(CC)C(N)c1ccc2c(c1)oc(=O)n2CC. The Labute approximate surface area is 125 Å². The normalized spacial score (nSPS) is 14.5. The minimum atomic E-state index is -0.295. The molecule has 4 heteroatoms. The number of nitrogens with zero attached hydrogens (tertiary/aromatic N) is 1. The van der Waals surface area contributed by atoms with E-state index in [9.17, 15) is 4.79 Å². The lowest BCUT2D eigenvalue weighted by molar-refractivity contribution is 0.378. The first kappa shape index (κ1) is 15.8. The summed E-state index contributed by atoms with van der Waals surface area (Å²) in [6.45, 7) is 6.94. The highest BCUT2D eigenvalue weighted by atomic mass is 16.4. The van der Waals surface area contributed by atoms with Crippen molar-refractivity contribution in [1.29, 1.82) is 0 Å². The molecule has 4 nitrogen and oxygen atoms in total. The van der Waals surface area contributed by atoms with Gasteiger partial charge >= 0.3 is 5.76 Å². The van der Waals surface area contributed by atoms with E-state index in [1.807, 2.05) is 25.1 Å². The van der Waals surface area contributed by atoms with Crippen LogP contribution in [-0.2, 0) is 6.54 Å². The maximum absolute atomic E-state index is 11.7. The Kier molecular flexibility index (Phi) is 5.23. The highest BCUT2D eigenvalue weighted by Crippen LogP contribution is 2.28. The third-order valence-electron chi connectivity index (χ3n) is 4.35. The lowest BCUT2D eigenvalue weighted by Gasteiger charge is -2.22. The maximum Gasteiger partial charge on any atom is 0.419 e. The summed E-state index contributed by atoms with van der Waals surface area (Å²) in [5.74, 6) is 0.179. The molecule has 0 saturated heterocycles. The molecule has 2 rings (SSSR count). The number of hydrogen-bond donors (Lipinski definition) is 1. The predicted octanol–water partition coefficient (Wildman–Crippen LogP) is 3.83. The summed E-state index contributed by atoms with van der Waals surface area (Å²) < 4.78 is 6.97. The van der Waals surface area contributed by atoms with Gasteiger partial charge in [-0.05, 0) is 37.0 Å². The van der Waals surface area contributed by atoms with Crippen LogP contribution in [0, 0.1) is 5.92 Å². The van der Waals surface area contributed by atoms with E-state index in [0.29, 0.717) is 18.0 Å². The zero-order valence-corrected chi connectivity index (χ0v) is 13.3. The Morgan fingerprint density at radius 1 is 1.29 bits per heavy atom. The number of benzene rings is 1. The number of oxazole rings is 1. The van der Waals surface area contributed by atoms with Gasteiger partial charge in [0, 0.05) is 12.6 Å². The summed E-state index contributed by atoms with van der Waals surface area (Å²) in [5.41, 5.74) is 8.98. The van der Waals surface area contributed by atoms with Crippen LogP contribution in [0.25, 0.3) is 11.1 Å². The number of nitrogens with two attached hydrogens (primary N) is 1. The number of rotatable bonds is 7. The summed E-state index contributed by atoms with van der Waals surface area (Å²) >= 11 is 0. The van der Waals surface area contributed by atoms with Crippen molar-refractivity contribution in [2.24, 2.45) is 11.7 Å². The average Bonchev–Trinajstić information content (AvgIpc) is 2.81.